The van der Waals surface area contributed by atoms with Crippen molar-refractivity contribution < 1.29 is 0 Å². The van der Waals surface area contributed by atoms with E-state index in [1.807, 2.05) is 70.5 Å². The maximum atomic E-state index is 5.14. The zero-order chi connectivity index (χ0) is 25.4. The summed E-state index contributed by atoms with van der Waals surface area (Å²) in [6.45, 7) is 0. The number of hydrogen-bond acceptors (Lipinski definition) is 6. The molecule has 0 unspecified atom stereocenters. The second-order valence-electron chi connectivity index (χ2n) is 9.16. The van der Waals surface area contributed by atoms with Crippen molar-refractivity contribution >= 4 is 103 Å². The van der Waals surface area contributed by atoms with Crippen LogP contribution in [0.4, 0.5) is 34.4 Å². The molecule has 1 aromatic heterocycles. The van der Waals surface area contributed by atoms with Crippen molar-refractivity contribution in [3.05, 3.63) is 97.1 Å². The third-order valence-electron chi connectivity index (χ3n) is 7.00. The van der Waals surface area contributed by atoms with Crippen LogP contribution in [-0.4, -0.2) is 20.3 Å². The lowest BCUT2D eigenvalue weighted by Gasteiger charge is -2.33. The Morgan fingerprint density at radius 1 is 0.474 bits per heavy atom. The minimum Gasteiger partial charge on any atom is -0.270 e. The van der Waals surface area contributed by atoms with Crippen molar-refractivity contribution in [2.24, 2.45) is 9.98 Å². The Kier molecular flexibility index (Phi) is 4.59. The summed E-state index contributed by atoms with van der Waals surface area (Å²) in [7, 11) is 0. The van der Waals surface area contributed by atoms with E-state index in [1.165, 1.54) is 0 Å². The van der Waals surface area contributed by atoms with E-state index in [-0.39, 0.29) is 0 Å². The molecule has 0 saturated heterocycles. The largest absolute Gasteiger partial charge is 0.270 e. The normalized spacial score (nSPS) is 14.3. The number of hydrogen-bond donors (Lipinski definition) is 2. The fourth-order valence-electron chi connectivity index (χ4n) is 5.39. The summed E-state index contributed by atoms with van der Waals surface area (Å²) in [6.07, 6.45) is 0. The van der Waals surface area contributed by atoms with E-state index in [4.69, 9.17) is 45.2 Å². The molecule has 8 heteroatoms. The summed E-state index contributed by atoms with van der Waals surface area (Å²) in [6, 6.07) is 32.5. The highest BCUT2D eigenvalue weighted by Gasteiger charge is 2.32. The Morgan fingerprint density at radius 2 is 0.895 bits per heavy atom. The summed E-state index contributed by atoms with van der Waals surface area (Å²) in [5, 5.41) is 5.29. The van der Waals surface area contributed by atoms with Gasteiger partial charge >= 0.3 is 0 Å². The molecule has 6 nitrogen and oxygen atoms in total. The fourth-order valence-corrected chi connectivity index (χ4v) is 6.01. The van der Waals surface area contributed by atoms with Crippen LogP contribution in [0, 0.1) is 0 Å². The highest BCUT2D eigenvalue weighted by molar-refractivity contribution is 7.97. The standard InChI is InChI=1S/C30H18N6S2/c37-29-33-21-13-3-7-17-9-5-15-23(25(17)21)35(29)27-28(32-20-12-2-1-11-19(20)31-27)36-24-16-6-10-18-8-4-14-22(26(18)24)34-30(36)38/h1-16H,(H,33,37)(H,34,38). The van der Waals surface area contributed by atoms with E-state index in [0.717, 1.165) is 55.3 Å². The summed E-state index contributed by atoms with van der Waals surface area (Å²) >= 11 is 9.72. The topological polar surface area (TPSA) is 57.0 Å². The zero-order valence-electron chi connectivity index (χ0n) is 19.8. The van der Waals surface area contributed by atoms with E-state index in [0.29, 0.717) is 22.0 Å². The summed E-state index contributed by atoms with van der Waals surface area (Å²) < 4.78 is 0. The van der Waals surface area contributed by atoms with Crippen LogP contribution in [0.25, 0.3) is 32.6 Å². The van der Waals surface area contributed by atoms with Gasteiger partial charge in [0.1, 0.15) is 0 Å². The van der Waals surface area contributed by atoms with Gasteiger partial charge in [0.15, 0.2) is 22.0 Å². The number of aliphatic imine (C=N–C) groups is 2. The summed E-state index contributed by atoms with van der Waals surface area (Å²) in [5.74, 6) is 1.19. The van der Waals surface area contributed by atoms with E-state index < -0.39 is 0 Å². The highest BCUT2D eigenvalue weighted by Crippen LogP contribution is 2.48. The van der Waals surface area contributed by atoms with E-state index >= 15 is 0 Å². The molecule has 5 aromatic carbocycles. The third kappa shape index (κ3) is 3.04. The van der Waals surface area contributed by atoms with Crippen LogP contribution >= 0.6 is 25.3 Å². The number of para-hydroxylation sites is 2. The van der Waals surface area contributed by atoms with Gasteiger partial charge in [-0.1, -0.05) is 60.7 Å². The number of thiol groups is 2. The second-order valence-corrected chi connectivity index (χ2v) is 9.96. The minimum atomic E-state index is 0.510. The molecule has 0 amide bonds. The number of fused-ring (bicyclic) bond motifs is 1. The Balaban J connectivity index is 1.45. The molecule has 0 spiro atoms. The number of amidine groups is 2. The first-order chi connectivity index (χ1) is 18.7. The van der Waals surface area contributed by atoms with Crippen LogP contribution in [0.3, 0.4) is 0 Å². The molecule has 0 N–H and O–H groups in total. The number of aromatic nitrogens is 2. The van der Waals surface area contributed by atoms with Crippen LogP contribution in [0.15, 0.2) is 107 Å². The molecule has 0 radical (unpaired) electrons. The predicted octanol–water partition coefficient (Wildman–Crippen LogP) is 8.07. The average Bonchev–Trinajstić information content (AvgIpc) is 2.93. The molecule has 38 heavy (non-hydrogen) atoms. The Bertz CT molecular complexity index is 1880. The highest BCUT2D eigenvalue weighted by atomic mass is 32.1. The molecular formula is C30H18N6S2. The average molecular weight is 527 g/mol. The maximum absolute atomic E-state index is 5.14. The Hall–Kier alpha value is -4.40. The Labute approximate surface area is 228 Å². The van der Waals surface area contributed by atoms with Crippen LogP contribution in [-0.2, 0) is 0 Å². The van der Waals surface area contributed by atoms with Gasteiger partial charge in [0.05, 0.1) is 33.8 Å². The van der Waals surface area contributed by atoms with E-state index in [9.17, 15) is 0 Å². The van der Waals surface area contributed by atoms with E-state index in [1.54, 1.807) is 0 Å². The molecule has 0 bridgehead atoms. The van der Waals surface area contributed by atoms with Gasteiger partial charge in [-0.2, -0.15) is 0 Å². The van der Waals surface area contributed by atoms with Gasteiger partial charge in [0, 0.05) is 10.8 Å². The van der Waals surface area contributed by atoms with Crippen LogP contribution in [0.5, 0.6) is 0 Å². The van der Waals surface area contributed by atoms with Gasteiger partial charge in [-0.25, -0.2) is 20.0 Å². The Morgan fingerprint density at radius 3 is 1.34 bits per heavy atom. The molecule has 3 heterocycles. The van der Waals surface area contributed by atoms with Crippen molar-refractivity contribution in [3.63, 3.8) is 0 Å². The molecule has 6 aromatic rings. The van der Waals surface area contributed by atoms with Gasteiger partial charge in [-0.05, 0) is 47.2 Å². The molecule has 8 rings (SSSR count). The molecule has 0 aliphatic carbocycles. The SMILES string of the molecule is SC1=Nc2cccc3cccc(c23)N1c1nc2ccccc2nc1N1C(S)=Nc2cccc3cccc1c23. The van der Waals surface area contributed by atoms with Gasteiger partial charge in [0.25, 0.3) is 0 Å². The fraction of sp³-hybridized carbons (Fsp3) is 0. The number of benzene rings is 5. The van der Waals surface area contributed by atoms with Crippen molar-refractivity contribution in [1.29, 1.82) is 0 Å². The lowest BCUT2D eigenvalue weighted by molar-refractivity contribution is 1.16. The quantitative estimate of drug-likeness (QED) is 0.224. The molecular weight excluding hydrogens is 509 g/mol. The minimum absolute atomic E-state index is 0.510. The first-order valence-corrected chi connectivity index (χ1v) is 13.0. The third-order valence-corrected chi connectivity index (χ3v) is 7.60. The van der Waals surface area contributed by atoms with Crippen molar-refractivity contribution in [2.75, 3.05) is 9.80 Å². The van der Waals surface area contributed by atoms with Gasteiger partial charge in [-0.3, -0.25) is 9.80 Å². The lowest BCUT2D eigenvalue weighted by atomic mass is 10.0. The molecule has 180 valence electrons. The molecule has 2 aliphatic rings. The molecule has 2 aliphatic heterocycles. The van der Waals surface area contributed by atoms with Gasteiger partial charge < -0.3 is 0 Å². The van der Waals surface area contributed by atoms with Crippen molar-refractivity contribution in [3.8, 4) is 0 Å². The number of rotatable bonds is 2. The lowest BCUT2D eigenvalue weighted by Crippen LogP contribution is -2.31. The molecule has 0 fully saturated rings. The summed E-state index contributed by atoms with van der Waals surface area (Å²) in [4.78, 5) is 23.9. The van der Waals surface area contributed by atoms with Crippen molar-refractivity contribution in [2.45, 2.75) is 0 Å². The van der Waals surface area contributed by atoms with E-state index in [2.05, 4.69) is 36.4 Å². The van der Waals surface area contributed by atoms with Crippen LogP contribution in [0.1, 0.15) is 0 Å². The maximum Gasteiger partial charge on any atom is 0.184 e. The second kappa shape index (κ2) is 8.05. The predicted molar refractivity (Wildman–Crippen MR) is 164 cm³/mol. The first-order valence-electron chi connectivity index (χ1n) is 12.1. The molecule has 0 saturated carbocycles. The smallest absolute Gasteiger partial charge is 0.184 e. The number of nitrogens with zero attached hydrogens (tertiary/aromatic N) is 6. The molecule has 0 atom stereocenters. The van der Waals surface area contributed by atoms with Crippen LogP contribution in [0.2, 0.25) is 0 Å². The first kappa shape index (κ1) is 21.7. The van der Waals surface area contributed by atoms with Gasteiger partial charge in [-0.15, -0.1) is 25.3 Å². The van der Waals surface area contributed by atoms with Crippen LogP contribution < -0.4 is 9.80 Å². The summed E-state index contributed by atoms with van der Waals surface area (Å²) in [5.41, 5.74) is 5.18. The monoisotopic (exact) mass is 526 g/mol. The van der Waals surface area contributed by atoms with Crippen molar-refractivity contribution in [1.82, 2.24) is 9.97 Å². The number of anilines is 4. The van der Waals surface area contributed by atoms with Gasteiger partial charge in [0.2, 0.25) is 0 Å². The zero-order valence-corrected chi connectivity index (χ0v) is 21.6.